The lowest BCUT2D eigenvalue weighted by Crippen LogP contribution is -2.21. The third kappa shape index (κ3) is 2.96. The van der Waals surface area contributed by atoms with Crippen LogP contribution in [0, 0.1) is 13.8 Å². The summed E-state index contributed by atoms with van der Waals surface area (Å²) in [5.41, 5.74) is 4.33. The van der Waals surface area contributed by atoms with Crippen molar-refractivity contribution in [1.29, 1.82) is 0 Å². The van der Waals surface area contributed by atoms with Crippen LogP contribution in [-0.2, 0) is 6.54 Å². The summed E-state index contributed by atoms with van der Waals surface area (Å²) >= 11 is 0. The minimum atomic E-state index is 0.469. The fraction of sp³-hybridized carbons (Fsp3) is 0.429. The van der Waals surface area contributed by atoms with Crippen LogP contribution < -0.4 is 5.32 Å². The van der Waals surface area contributed by atoms with Gasteiger partial charge < -0.3 is 10.3 Å². The minimum absolute atomic E-state index is 0.469. The van der Waals surface area contributed by atoms with Crippen LogP contribution in [0.2, 0.25) is 0 Å². The molecule has 2 rings (SSSR count). The summed E-state index contributed by atoms with van der Waals surface area (Å²) in [5.74, 6) is 0.841. The monoisotopic (exact) mass is 244 g/mol. The van der Waals surface area contributed by atoms with Crippen molar-refractivity contribution in [1.82, 2.24) is 20.3 Å². The van der Waals surface area contributed by atoms with Crippen molar-refractivity contribution in [3.8, 4) is 11.5 Å². The predicted octanol–water partition coefficient (Wildman–Crippen LogP) is 2.59. The van der Waals surface area contributed by atoms with Crippen LogP contribution in [0.5, 0.6) is 0 Å². The van der Waals surface area contributed by atoms with E-state index in [1.165, 1.54) is 5.56 Å². The van der Waals surface area contributed by atoms with E-state index in [0.717, 1.165) is 29.3 Å². The largest absolute Gasteiger partial charge is 0.339 e. The van der Waals surface area contributed by atoms with Gasteiger partial charge >= 0.3 is 0 Å². The molecule has 96 valence electrons. The maximum atomic E-state index is 4.44. The summed E-state index contributed by atoms with van der Waals surface area (Å²) in [7, 11) is 0. The predicted molar refractivity (Wildman–Crippen MR) is 73.3 cm³/mol. The second kappa shape index (κ2) is 5.31. The van der Waals surface area contributed by atoms with Gasteiger partial charge in [-0.05, 0) is 25.0 Å². The Balaban J connectivity index is 2.18. The molecule has 0 atom stereocenters. The molecule has 4 heteroatoms. The van der Waals surface area contributed by atoms with E-state index in [9.17, 15) is 0 Å². The zero-order valence-electron chi connectivity index (χ0n) is 11.4. The molecule has 0 amide bonds. The number of rotatable bonds is 4. The number of aryl methyl sites for hydroxylation is 2. The van der Waals surface area contributed by atoms with Gasteiger partial charge in [0, 0.05) is 24.5 Å². The van der Waals surface area contributed by atoms with Gasteiger partial charge in [-0.3, -0.25) is 4.98 Å². The standard InChI is InChI=1S/C14H20N4/c1-9(2)15-7-12-8-17-14(18-12)13-11(4)5-10(3)6-16-13/h5-6,8-9,15H,7H2,1-4H3,(H,17,18). The molecule has 18 heavy (non-hydrogen) atoms. The van der Waals surface area contributed by atoms with E-state index >= 15 is 0 Å². The molecule has 0 bridgehead atoms. The summed E-state index contributed by atoms with van der Waals surface area (Å²) in [6, 6.07) is 2.59. The molecule has 2 aromatic heterocycles. The van der Waals surface area contributed by atoms with Gasteiger partial charge in [0.25, 0.3) is 0 Å². The Morgan fingerprint density at radius 3 is 2.67 bits per heavy atom. The Morgan fingerprint density at radius 2 is 2.00 bits per heavy atom. The van der Waals surface area contributed by atoms with Crippen LogP contribution in [0.15, 0.2) is 18.5 Å². The van der Waals surface area contributed by atoms with Gasteiger partial charge in [-0.2, -0.15) is 0 Å². The third-order valence-electron chi connectivity index (χ3n) is 2.77. The molecule has 0 saturated heterocycles. The Bertz CT molecular complexity index is 528. The van der Waals surface area contributed by atoms with E-state index in [4.69, 9.17) is 0 Å². The molecule has 0 aromatic carbocycles. The van der Waals surface area contributed by atoms with Crippen LogP contribution in [-0.4, -0.2) is 21.0 Å². The zero-order valence-corrected chi connectivity index (χ0v) is 11.4. The highest BCUT2D eigenvalue weighted by molar-refractivity contribution is 5.55. The molecule has 2 aromatic rings. The van der Waals surface area contributed by atoms with Crippen molar-refractivity contribution in [2.24, 2.45) is 0 Å². The van der Waals surface area contributed by atoms with Crippen molar-refractivity contribution < 1.29 is 0 Å². The number of nitrogens with one attached hydrogen (secondary N) is 2. The SMILES string of the molecule is Cc1cnc(-c2ncc(CNC(C)C)[nH]2)c(C)c1. The number of pyridine rings is 1. The Labute approximate surface area is 108 Å². The minimum Gasteiger partial charge on any atom is -0.339 e. The maximum Gasteiger partial charge on any atom is 0.156 e. The Morgan fingerprint density at radius 1 is 1.22 bits per heavy atom. The van der Waals surface area contributed by atoms with Crippen molar-refractivity contribution >= 4 is 0 Å². The molecule has 0 saturated carbocycles. The van der Waals surface area contributed by atoms with Gasteiger partial charge in [-0.15, -0.1) is 0 Å². The van der Waals surface area contributed by atoms with Gasteiger partial charge in [0.2, 0.25) is 0 Å². The number of hydrogen-bond acceptors (Lipinski definition) is 3. The van der Waals surface area contributed by atoms with Gasteiger partial charge in [0.15, 0.2) is 5.82 Å². The highest BCUT2D eigenvalue weighted by Crippen LogP contribution is 2.18. The molecule has 2 N–H and O–H groups in total. The first kappa shape index (κ1) is 12.8. The van der Waals surface area contributed by atoms with E-state index in [2.05, 4.69) is 47.1 Å². The highest BCUT2D eigenvalue weighted by Gasteiger charge is 2.08. The van der Waals surface area contributed by atoms with Crippen LogP contribution in [0.1, 0.15) is 30.7 Å². The third-order valence-corrected chi connectivity index (χ3v) is 2.77. The number of H-pyrrole nitrogens is 1. The molecule has 0 aliphatic rings. The van der Waals surface area contributed by atoms with E-state index in [-0.39, 0.29) is 0 Å². The van der Waals surface area contributed by atoms with E-state index in [1.807, 2.05) is 19.3 Å². The number of aromatic nitrogens is 3. The van der Waals surface area contributed by atoms with Gasteiger partial charge in [0.05, 0.1) is 6.20 Å². The molecule has 0 aliphatic heterocycles. The molecular formula is C14H20N4. The zero-order chi connectivity index (χ0) is 13.1. The Hall–Kier alpha value is -1.68. The summed E-state index contributed by atoms with van der Waals surface area (Å²) < 4.78 is 0. The quantitative estimate of drug-likeness (QED) is 0.869. The maximum absolute atomic E-state index is 4.44. The fourth-order valence-electron chi connectivity index (χ4n) is 1.85. The lowest BCUT2D eigenvalue weighted by Gasteiger charge is -2.05. The molecule has 0 radical (unpaired) electrons. The number of hydrogen-bond donors (Lipinski definition) is 2. The molecule has 2 heterocycles. The molecule has 4 nitrogen and oxygen atoms in total. The summed E-state index contributed by atoms with van der Waals surface area (Å²) in [5, 5.41) is 3.36. The van der Waals surface area contributed by atoms with Crippen LogP contribution in [0.25, 0.3) is 11.5 Å². The normalized spacial score (nSPS) is 11.2. The first-order chi connectivity index (χ1) is 8.56. The molecule has 0 aliphatic carbocycles. The van der Waals surface area contributed by atoms with Crippen LogP contribution >= 0.6 is 0 Å². The average Bonchev–Trinajstić information content (AvgIpc) is 2.75. The van der Waals surface area contributed by atoms with Crippen molar-refractivity contribution in [3.05, 3.63) is 35.3 Å². The van der Waals surface area contributed by atoms with Gasteiger partial charge in [-0.1, -0.05) is 19.9 Å². The summed E-state index contributed by atoms with van der Waals surface area (Å²) in [4.78, 5) is 12.1. The van der Waals surface area contributed by atoms with Gasteiger partial charge in [0.1, 0.15) is 5.69 Å². The van der Waals surface area contributed by atoms with Crippen molar-refractivity contribution in [3.63, 3.8) is 0 Å². The smallest absolute Gasteiger partial charge is 0.156 e. The van der Waals surface area contributed by atoms with E-state index in [0.29, 0.717) is 6.04 Å². The highest BCUT2D eigenvalue weighted by atomic mass is 15.0. The lowest BCUT2D eigenvalue weighted by molar-refractivity contribution is 0.583. The van der Waals surface area contributed by atoms with Crippen molar-refractivity contribution in [2.45, 2.75) is 40.3 Å². The summed E-state index contributed by atoms with van der Waals surface area (Å²) in [6.45, 7) is 9.16. The topological polar surface area (TPSA) is 53.6 Å². The second-order valence-corrected chi connectivity index (χ2v) is 4.97. The molecule has 0 spiro atoms. The second-order valence-electron chi connectivity index (χ2n) is 4.97. The fourth-order valence-corrected chi connectivity index (χ4v) is 1.85. The first-order valence-corrected chi connectivity index (χ1v) is 6.27. The van der Waals surface area contributed by atoms with Crippen LogP contribution in [0.3, 0.4) is 0 Å². The molecular weight excluding hydrogens is 224 g/mol. The number of aromatic amines is 1. The van der Waals surface area contributed by atoms with Crippen LogP contribution in [0.4, 0.5) is 0 Å². The van der Waals surface area contributed by atoms with Gasteiger partial charge in [-0.25, -0.2) is 4.98 Å². The Kier molecular flexibility index (Phi) is 3.77. The first-order valence-electron chi connectivity index (χ1n) is 6.27. The lowest BCUT2D eigenvalue weighted by atomic mass is 10.1. The average molecular weight is 244 g/mol. The van der Waals surface area contributed by atoms with Crippen molar-refractivity contribution in [2.75, 3.05) is 0 Å². The summed E-state index contributed by atoms with van der Waals surface area (Å²) in [6.07, 6.45) is 3.74. The molecule has 0 fully saturated rings. The van der Waals surface area contributed by atoms with E-state index < -0.39 is 0 Å². The molecule has 0 unspecified atom stereocenters. The van der Waals surface area contributed by atoms with E-state index in [1.54, 1.807) is 0 Å². The number of imidazole rings is 1. The number of nitrogens with zero attached hydrogens (tertiary/aromatic N) is 2.